The van der Waals surface area contributed by atoms with Crippen molar-refractivity contribution >= 4 is 33.8 Å². The first-order valence-corrected chi connectivity index (χ1v) is 3.82. The van der Waals surface area contributed by atoms with Crippen molar-refractivity contribution in [3.8, 4) is 0 Å². The summed E-state index contributed by atoms with van der Waals surface area (Å²) < 4.78 is 0.760. The van der Waals surface area contributed by atoms with Gasteiger partial charge in [0.2, 0.25) is 0 Å². The zero-order valence-corrected chi connectivity index (χ0v) is 7.58. The van der Waals surface area contributed by atoms with E-state index >= 15 is 0 Å². The highest BCUT2D eigenvalue weighted by molar-refractivity contribution is 9.10. The van der Waals surface area contributed by atoms with Gasteiger partial charge in [0.1, 0.15) is 0 Å². The van der Waals surface area contributed by atoms with Gasteiger partial charge in [-0.2, -0.15) is 0 Å². The number of nitrogens with one attached hydrogen (secondary N) is 1. The first-order chi connectivity index (χ1) is 4.66. The number of halogens is 2. The summed E-state index contributed by atoms with van der Waals surface area (Å²) in [6.07, 6.45) is 0.695. The summed E-state index contributed by atoms with van der Waals surface area (Å²) in [6.45, 7) is 1.84. The fourth-order valence-corrected chi connectivity index (χ4v) is 1.22. The maximum atomic E-state index is 10.3. The van der Waals surface area contributed by atoms with Crippen molar-refractivity contribution in [1.29, 1.82) is 0 Å². The Morgan fingerprint density at radius 3 is 2.50 bits per heavy atom. The van der Waals surface area contributed by atoms with Gasteiger partial charge >= 0.3 is 0 Å². The topological polar surface area (TPSA) is 32.9 Å². The van der Waals surface area contributed by atoms with Gasteiger partial charge in [0.25, 0.3) is 0 Å². The van der Waals surface area contributed by atoms with Crippen molar-refractivity contribution in [2.75, 3.05) is 0 Å². The molecule has 0 aliphatic rings. The number of aromatic nitrogens is 1. The summed E-state index contributed by atoms with van der Waals surface area (Å²) in [7, 11) is 0. The van der Waals surface area contributed by atoms with Gasteiger partial charge in [-0.3, -0.25) is 4.79 Å². The maximum Gasteiger partial charge on any atom is 0.167 e. The van der Waals surface area contributed by atoms with E-state index < -0.39 is 0 Å². The molecule has 2 nitrogen and oxygen atoms in total. The molecule has 1 aromatic heterocycles. The second-order valence-corrected chi connectivity index (χ2v) is 3.08. The summed E-state index contributed by atoms with van der Waals surface area (Å²) in [5.41, 5.74) is 1.29. The molecule has 1 heterocycles. The highest BCUT2D eigenvalue weighted by Gasteiger charge is 2.08. The smallest absolute Gasteiger partial charge is 0.167 e. The number of hydrogen-bond acceptors (Lipinski definition) is 1. The van der Waals surface area contributed by atoms with Crippen LogP contribution in [0, 0.1) is 6.92 Å². The van der Waals surface area contributed by atoms with Gasteiger partial charge in [-0.15, -0.1) is 0 Å². The van der Waals surface area contributed by atoms with Crippen LogP contribution in [0.25, 0.3) is 0 Å². The molecule has 1 N–H and O–H groups in total. The molecule has 0 spiro atoms. The summed E-state index contributed by atoms with van der Waals surface area (Å²) in [6, 6.07) is 0. The zero-order valence-electron chi connectivity index (χ0n) is 5.24. The lowest BCUT2D eigenvalue weighted by molar-refractivity contribution is 0.111. The van der Waals surface area contributed by atoms with Crippen molar-refractivity contribution < 1.29 is 4.79 Å². The third-order valence-electron chi connectivity index (χ3n) is 1.20. The molecule has 0 unspecified atom stereocenters. The zero-order chi connectivity index (χ0) is 7.72. The van der Waals surface area contributed by atoms with E-state index in [1.807, 2.05) is 6.92 Å². The van der Waals surface area contributed by atoms with E-state index in [0.717, 1.165) is 10.2 Å². The summed E-state index contributed by atoms with van der Waals surface area (Å²) in [5, 5.41) is 0.451. The van der Waals surface area contributed by atoms with Crippen molar-refractivity contribution in [2.24, 2.45) is 0 Å². The number of H-pyrrole nitrogens is 1. The third kappa shape index (κ3) is 1.11. The number of hydrogen-bond donors (Lipinski definition) is 1. The molecule has 0 radical (unpaired) electrons. The fraction of sp³-hybridized carbons (Fsp3) is 0.167. The van der Waals surface area contributed by atoms with E-state index in [-0.39, 0.29) is 0 Å². The molecule has 0 atom stereocenters. The SMILES string of the molecule is Cc1[nH]c(C=O)c(Cl)c1Br. The molecule has 0 amide bonds. The van der Waals surface area contributed by atoms with Crippen molar-refractivity contribution in [1.82, 2.24) is 4.98 Å². The van der Waals surface area contributed by atoms with Crippen LogP contribution in [0.15, 0.2) is 4.47 Å². The predicted octanol–water partition coefficient (Wildman–Crippen LogP) is 2.55. The number of rotatable bonds is 1. The molecule has 0 aliphatic carbocycles. The van der Waals surface area contributed by atoms with Gasteiger partial charge < -0.3 is 4.98 Å². The van der Waals surface area contributed by atoms with Crippen LogP contribution in [0.4, 0.5) is 0 Å². The van der Waals surface area contributed by atoms with Crippen LogP contribution in [0.3, 0.4) is 0 Å². The number of carbonyl (C=O) groups is 1. The van der Waals surface area contributed by atoms with Crippen molar-refractivity contribution in [2.45, 2.75) is 6.92 Å². The number of aromatic amines is 1. The Bertz CT molecular complexity index is 269. The molecular weight excluding hydrogens is 217 g/mol. The van der Waals surface area contributed by atoms with Gasteiger partial charge in [-0.1, -0.05) is 11.6 Å². The number of carbonyl (C=O) groups excluding carboxylic acids is 1. The molecule has 0 saturated carbocycles. The molecular formula is C6H5BrClNO. The summed E-state index contributed by atoms with van der Waals surface area (Å²) >= 11 is 8.92. The molecule has 0 aromatic carbocycles. The van der Waals surface area contributed by atoms with Crippen molar-refractivity contribution in [3.05, 3.63) is 20.9 Å². The molecule has 10 heavy (non-hydrogen) atoms. The minimum atomic E-state index is 0.422. The average molecular weight is 222 g/mol. The highest BCUT2D eigenvalue weighted by Crippen LogP contribution is 2.28. The Hall–Kier alpha value is -0.280. The standard InChI is InChI=1S/C6H5BrClNO/c1-3-5(7)6(8)4(2-10)9-3/h2,9H,1H3. The van der Waals surface area contributed by atoms with E-state index in [2.05, 4.69) is 20.9 Å². The van der Waals surface area contributed by atoms with Gasteiger partial charge in [0.05, 0.1) is 15.2 Å². The molecule has 1 rings (SSSR count). The molecule has 4 heteroatoms. The molecule has 0 saturated heterocycles. The molecule has 54 valence electrons. The minimum Gasteiger partial charge on any atom is -0.354 e. The Kier molecular flexibility index (Phi) is 2.16. The van der Waals surface area contributed by atoms with Gasteiger partial charge in [-0.05, 0) is 22.9 Å². The second kappa shape index (κ2) is 2.76. The molecule has 1 aromatic rings. The van der Waals surface area contributed by atoms with E-state index in [4.69, 9.17) is 11.6 Å². The van der Waals surface area contributed by atoms with Crippen LogP contribution < -0.4 is 0 Å². The summed E-state index contributed by atoms with van der Waals surface area (Å²) in [4.78, 5) is 13.1. The van der Waals surface area contributed by atoms with Gasteiger partial charge in [0, 0.05) is 5.69 Å². The molecule has 0 fully saturated rings. The summed E-state index contributed by atoms with van der Waals surface area (Å²) in [5.74, 6) is 0. The van der Waals surface area contributed by atoms with E-state index in [1.54, 1.807) is 0 Å². The lowest BCUT2D eigenvalue weighted by atomic mass is 10.4. The van der Waals surface area contributed by atoms with E-state index in [0.29, 0.717) is 17.0 Å². The number of aryl methyl sites for hydroxylation is 1. The van der Waals surface area contributed by atoms with Crippen LogP contribution in [0.5, 0.6) is 0 Å². The number of aldehydes is 1. The van der Waals surface area contributed by atoms with Crippen LogP contribution in [0.2, 0.25) is 5.02 Å². The van der Waals surface area contributed by atoms with Crippen LogP contribution in [-0.4, -0.2) is 11.3 Å². The van der Waals surface area contributed by atoms with E-state index in [1.165, 1.54) is 0 Å². The van der Waals surface area contributed by atoms with Gasteiger partial charge in [0.15, 0.2) is 6.29 Å². The molecule has 0 aliphatic heterocycles. The Balaban J connectivity index is 3.30. The first-order valence-electron chi connectivity index (χ1n) is 2.65. The highest BCUT2D eigenvalue weighted by atomic mass is 79.9. The van der Waals surface area contributed by atoms with Crippen LogP contribution in [0.1, 0.15) is 16.2 Å². The lowest BCUT2D eigenvalue weighted by Crippen LogP contribution is -1.78. The normalized spacial score (nSPS) is 9.90. The quantitative estimate of drug-likeness (QED) is 0.728. The van der Waals surface area contributed by atoms with Gasteiger partial charge in [-0.25, -0.2) is 0 Å². The minimum absolute atomic E-state index is 0.422. The largest absolute Gasteiger partial charge is 0.354 e. The first kappa shape index (κ1) is 7.82. The lowest BCUT2D eigenvalue weighted by Gasteiger charge is -1.82. The third-order valence-corrected chi connectivity index (χ3v) is 2.81. The maximum absolute atomic E-state index is 10.3. The van der Waals surface area contributed by atoms with Crippen LogP contribution >= 0.6 is 27.5 Å². The fourth-order valence-electron chi connectivity index (χ4n) is 0.676. The Labute approximate surface area is 71.7 Å². The van der Waals surface area contributed by atoms with E-state index in [9.17, 15) is 4.79 Å². The van der Waals surface area contributed by atoms with Crippen molar-refractivity contribution in [3.63, 3.8) is 0 Å². The average Bonchev–Trinajstić information content (AvgIpc) is 2.17. The van der Waals surface area contributed by atoms with Crippen LogP contribution in [-0.2, 0) is 0 Å². The Morgan fingerprint density at radius 2 is 2.30 bits per heavy atom. The second-order valence-electron chi connectivity index (χ2n) is 1.91. The monoisotopic (exact) mass is 221 g/mol. The molecule has 0 bridgehead atoms. The predicted molar refractivity (Wildman–Crippen MR) is 43.6 cm³/mol. The Morgan fingerprint density at radius 1 is 1.70 bits per heavy atom.